The maximum atomic E-state index is 13.8. The van der Waals surface area contributed by atoms with Crippen molar-refractivity contribution in [1.82, 2.24) is 15.0 Å². The molecule has 1 atom stereocenters. The van der Waals surface area contributed by atoms with E-state index in [0.29, 0.717) is 33.3 Å². The van der Waals surface area contributed by atoms with Gasteiger partial charge in [0.25, 0.3) is 0 Å². The van der Waals surface area contributed by atoms with Crippen molar-refractivity contribution in [3.05, 3.63) is 59.0 Å². The lowest BCUT2D eigenvalue weighted by atomic mass is 10.2. The largest absolute Gasteiger partial charge is 0.394 e. The molecule has 0 amide bonds. The van der Waals surface area contributed by atoms with Crippen molar-refractivity contribution in [2.75, 3.05) is 17.2 Å². The van der Waals surface area contributed by atoms with Gasteiger partial charge < -0.3 is 15.7 Å². The van der Waals surface area contributed by atoms with Crippen LogP contribution in [0.5, 0.6) is 0 Å². The lowest BCUT2D eigenvalue weighted by molar-refractivity contribution is 0.281. The van der Waals surface area contributed by atoms with Crippen LogP contribution in [0.25, 0.3) is 11.4 Å². The monoisotopic (exact) mass is 417 g/mol. The molecule has 6 nitrogen and oxygen atoms in total. The molecular weight excluding hydrogens is 401 g/mol. The quantitative estimate of drug-likeness (QED) is 0.562. The van der Waals surface area contributed by atoms with Crippen LogP contribution >= 0.6 is 15.9 Å². The summed E-state index contributed by atoms with van der Waals surface area (Å²) in [4.78, 5) is 13.1. The first kappa shape index (κ1) is 18.2. The van der Waals surface area contributed by atoms with Crippen molar-refractivity contribution in [2.45, 2.75) is 13.0 Å². The Morgan fingerprint density at radius 3 is 2.69 bits per heavy atom. The summed E-state index contributed by atoms with van der Waals surface area (Å²) in [5.74, 6) is 0.450. The first-order valence-corrected chi connectivity index (χ1v) is 8.74. The van der Waals surface area contributed by atoms with Gasteiger partial charge in [-0.15, -0.1) is 0 Å². The van der Waals surface area contributed by atoms with E-state index in [9.17, 15) is 9.50 Å². The molecule has 134 valence electrons. The molecule has 3 aromatic rings. The molecule has 3 N–H and O–H groups in total. The molecule has 0 spiro atoms. The summed E-state index contributed by atoms with van der Waals surface area (Å²) in [5, 5.41) is 15.3. The number of benzene rings is 1. The highest BCUT2D eigenvalue weighted by atomic mass is 79.9. The van der Waals surface area contributed by atoms with Gasteiger partial charge in [-0.3, -0.25) is 4.98 Å². The lowest BCUT2D eigenvalue weighted by Gasteiger charge is -2.14. The Hall–Kier alpha value is -2.58. The third-order valence-corrected chi connectivity index (χ3v) is 4.14. The molecule has 0 fully saturated rings. The lowest BCUT2D eigenvalue weighted by Crippen LogP contribution is -2.21. The second-order valence-electron chi connectivity index (χ2n) is 5.66. The topological polar surface area (TPSA) is 83.0 Å². The van der Waals surface area contributed by atoms with E-state index in [0.717, 1.165) is 0 Å². The molecule has 3 rings (SSSR count). The van der Waals surface area contributed by atoms with Gasteiger partial charge >= 0.3 is 0 Å². The van der Waals surface area contributed by atoms with Crippen LogP contribution in [0, 0.1) is 5.82 Å². The maximum absolute atomic E-state index is 13.8. The molecule has 2 aromatic heterocycles. The summed E-state index contributed by atoms with van der Waals surface area (Å²) in [6, 6.07) is 11.8. The van der Waals surface area contributed by atoms with Crippen LogP contribution in [0.2, 0.25) is 0 Å². The van der Waals surface area contributed by atoms with Gasteiger partial charge in [-0.1, -0.05) is 6.07 Å². The standard InChI is InChI=1S/C18H17BrFN5O/c1-11(10-26)22-18-24-16(15-4-2-3-7-21-15)9-17(25-18)23-12-5-6-13(19)14(20)8-12/h2-9,11,26H,10H2,1H3,(H2,22,23,24,25)/t11-/m1/s1. The van der Waals surface area contributed by atoms with E-state index >= 15 is 0 Å². The summed E-state index contributed by atoms with van der Waals surface area (Å²) in [5.41, 5.74) is 1.84. The fourth-order valence-electron chi connectivity index (χ4n) is 2.21. The first-order chi connectivity index (χ1) is 12.5. The molecule has 2 heterocycles. The number of aliphatic hydroxyl groups excluding tert-OH is 1. The predicted molar refractivity (Wildman–Crippen MR) is 103 cm³/mol. The van der Waals surface area contributed by atoms with Gasteiger partial charge in [0.2, 0.25) is 5.95 Å². The third-order valence-electron chi connectivity index (χ3n) is 3.49. The average molecular weight is 418 g/mol. The zero-order valence-electron chi connectivity index (χ0n) is 13.9. The van der Waals surface area contributed by atoms with E-state index in [2.05, 4.69) is 41.5 Å². The highest BCUT2D eigenvalue weighted by molar-refractivity contribution is 9.10. The number of rotatable bonds is 6. The first-order valence-electron chi connectivity index (χ1n) is 7.95. The summed E-state index contributed by atoms with van der Waals surface area (Å²) >= 11 is 3.13. The molecule has 8 heteroatoms. The Morgan fingerprint density at radius 1 is 1.15 bits per heavy atom. The number of aliphatic hydroxyl groups is 1. The van der Waals surface area contributed by atoms with Gasteiger partial charge in [0.05, 0.1) is 22.5 Å². The number of pyridine rings is 1. The van der Waals surface area contributed by atoms with Crippen LogP contribution in [0.4, 0.5) is 21.8 Å². The molecule has 0 aliphatic carbocycles. The Bertz CT molecular complexity index is 894. The zero-order valence-corrected chi connectivity index (χ0v) is 15.5. The fourth-order valence-corrected chi connectivity index (χ4v) is 2.46. The minimum absolute atomic E-state index is 0.0577. The highest BCUT2D eigenvalue weighted by Gasteiger charge is 2.10. The second-order valence-corrected chi connectivity index (χ2v) is 6.51. The minimum Gasteiger partial charge on any atom is -0.394 e. The molecule has 1 aromatic carbocycles. The van der Waals surface area contributed by atoms with Gasteiger partial charge in [-0.05, 0) is 53.2 Å². The van der Waals surface area contributed by atoms with Gasteiger partial charge in [-0.2, -0.15) is 4.98 Å². The van der Waals surface area contributed by atoms with Crippen LogP contribution in [-0.2, 0) is 0 Å². The fraction of sp³-hybridized carbons (Fsp3) is 0.167. The van der Waals surface area contributed by atoms with E-state index in [1.54, 1.807) is 24.4 Å². The highest BCUT2D eigenvalue weighted by Crippen LogP contribution is 2.25. The molecule has 0 saturated heterocycles. The molecule has 0 saturated carbocycles. The second kappa shape index (κ2) is 8.20. The molecule has 26 heavy (non-hydrogen) atoms. The van der Waals surface area contributed by atoms with E-state index in [4.69, 9.17) is 0 Å². The van der Waals surface area contributed by atoms with Crippen molar-refractivity contribution in [1.29, 1.82) is 0 Å². The smallest absolute Gasteiger partial charge is 0.225 e. The zero-order chi connectivity index (χ0) is 18.5. The van der Waals surface area contributed by atoms with Crippen LogP contribution in [0.15, 0.2) is 53.1 Å². The van der Waals surface area contributed by atoms with E-state index in [1.165, 1.54) is 6.07 Å². The molecule has 0 aliphatic rings. The van der Waals surface area contributed by atoms with Gasteiger partial charge in [0, 0.05) is 24.0 Å². The maximum Gasteiger partial charge on any atom is 0.225 e. The number of nitrogens with one attached hydrogen (secondary N) is 2. The molecule has 0 radical (unpaired) electrons. The summed E-state index contributed by atoms with van der Waals surface area (Å²) < 4.78 is 14.1. The summed E-state index contributed by atoms with van der Waals surface area (Å²) in [7, 11) is 0. The van der Waals surface area contributed by atoms with E-state index in [1.807, 2.05) is 25.1 Å². The van der Waals surface area contributed by atoms with E-state index in [-0.39, 0.29) is 18.5 Å². The van der Waals surface area contributed by atoms with Gasteiger partial charge in [0.1, 0.15) is 11.6 Å². The third kappa shape index (κ3) is 4.53. The van der Waals surface area contributed by atoms with Crippen LogP contribution < -0.4 is 10.6 Å². The van der Waals surface area contributed by atoms with Crippen molar-refractivity contribution in [3.63, 3.8) is 0 Å². The predicted octanol–water partition coefficient (Wildman–Crippen LogP) is 3.98. The summed E-state index contributed by atoms with van der Waals surface area (Å²) in [6.07, 6.45) is 1.68. The van der Waals surface area contributed by atoms with E-state index < -0.39 is 0 Å². The Labute approximate surface area is 158 Å². The minimum atomic E-state index is -0.374. The van der Waals surface area contributed by atoms with Crippen molar-refractivity contribution >= 4 is 33.4 Å². The van der Waals surface area contributed by atoms with Crippen LogP contribution in [-0.4, -0.2) is 32.7 Å². The van der Waals surface area contributed by atoms with Gasteiger partial charge in [-0.25, -0.2) is 9.37 Å². The molecule has 0 aliphatic heterocycles. The Balaban J connectivity index is 1.97. The number of aromatic nitrogens is 3. The Morgan fingerprint density at radius 2 is 2.00 bits per heavy atom. The SMILES string of the molecule is C[C@H](CO)Nc1nc(Nc2ccc(Br)c(F)c2)cc(-c2ccccn2)n1. The number of halogens is 2. The number of nitrogens with zero attached hydrogens (tertiary/aromatic N) is 3. The number of anilines is 3. The Kier molecular flexibility index (Phi) is 5.75. The van der Waals surface area contributed by atoms with Crippen molar-refractivity contribution in [3.8, 4) is 11.4 Å². The number of hydrogen-bond acceptors (Lipinski definition) is 6. The normalized spacial score (nSPS) is 11.8. The van der Waals surface area contributed by atoms with Gasteiger partial charge in [0.15, 0.2) is 0 Å². The van der Waals surface area contributed by atoms with Crippen molar-refractivity contribution in [2.24, 2.45) is 0 Å². The van der Waals surface area contributed by atoms with Crippen LogP contribution in [0.1, 0.15) is 6.92 Å². The average Bonchev–Trinajstić information content (AvgIpc) is 2.65. The molecule has 0 unspecified atom stereocenters. The molecule has 0 bridgehead atoms. The summed E-state index contributed by atoms with van der Waals surface area (Å²) in [6.45, 7) is 1.76. The van der Waals surface area contributed by atoms with Crippen molar-refractivity contribution < 1.29 is 9.50 Å². The molecular formula is C18H17BrFN5O. The van der Waals surface area contributed by atoms with Crippen LogP contribution in [0.3, 0.4) is 0 Å². The number of hydrogen-bond donors (Lipinski definition) is 3.